The Labute approximate surface area is 64.7 Å². The highest BCUT2D eigenvalue weighted by Crippen LogP contribution is 2.11. The summed E-state index contributed by atoms with van der Waals surface area (Å²) in [5.41, 5.74) is 7.35. The Morgan fingerprint density at radius 1 is 1.78 bits per heavy atom. The molecule has 2 N–H and O–H groups in total. The van der Waals surface area contributed by atoms with Crippen molar-refractivity contribution in [3.8, 4) is 0 Å². The number of nitrogens with zero attached hydrogens (tertiary/aromatic N) is 1. The number of rotatable bonds is 1. The Morgan fingerprint density at radius 3 is 2.67 bits per heavy atom. The minimum absolute atomic E-state index is 0. The van der Waals surface area contributed by atoms with Crippen molar-refractivity contribution in [3.63, 3.8) is 0 Å². The zero-order chi connectivity index (χ0) is 5.98. The summed E-state index contributed by atoms with van der Waals surface area (Å²) in [4.78, 5) is 0. The van der Waals surface area contributed by atoms with Crippen LogP contribution in [0.15, 0.2) is 5.38 Å². The van der Waals surface area contributed by atoms with Gasteiger partial charge in [-0.3, -0.25) is 0 Å². The predicted octanol–water partition coefficient (Wildman–Crippen LogP) is 1.71. The van der Waals surface area contributed by atoms with Crippen LogP contribution in [0.3, 0.4) is 0 Å². The highest BCUT2D eigenvalue weighted by atomic mass is 35.5. The average molecular weight is 165 g/mol. The molecule has 1 heterocycles. The Balaban J connectivity index is 0.000000640. The van der Waals surface area contributed by atoms with Crippen LogP contribution in [0, 0.1) is 0 Å². The maximum Gasteiger partial charge on any atom is 0.0768 e. The van der Waals surface area contributed by atoms with Crippen molar-refractivity contribution >= 4 is 29.6 Å². The Morgan fingerprint density at radius 2 is 2.44 bits per heavy atom. The van der Waals surface area contributed by atoms with Gasteiger partial charge in [0.1, 0.15) is 0 Å². The number of hydrogen-bond donors (Lipinski definition) is 1. The van der Waals surface area contributed by atoms with E-state index in [-0.39, 0.29) is 12.4 Å². The van der Waals surface area contributed by atoms with Crippen LogP contribution >= 0.6 is 23.9 Å². The van der Waals surface area contributed by atoms with Gasteiger partial charge >= 0.3 is 0 Å². The monoisotopic (exact) mass is 164 g/mol. The molecule has 1 aromatic rings. The summed E-state index contributed by atoms with van der Waals surface area (Å²) < 4.78 is 4.05. The lowest BCUT2D eigenvalue weighted by molar-refractivity contribution is 1.09. The molecule has 0 amide bonds. The van der Waals surface area contributed by atoms with Crippen LogP contribution in [-0.2, 0) is 6.42 Å². The van der Waals surface area contributed by atoms with E-state index in [9.17, 15) is 0 Å². The lowest BCUT2D eigenvalue weighted by Crippen LogP contribution is -1.87. The van der Waals surface area contributed by atoms with E-state index in [0.29, 0.717) is 0 Å². The third-order valence-corrected chi connectivity index (χ3v) is 1.70. The molecule has 0 radical (unpaired) electrons. The highest BCUT2D eigenvalue weighted by Gasteiger charge is 1.95. The third-order valence-electron chi connectivity index (χ3n) is 1.01. The smallest absolute Gasteiger partial charge is 0.0768 e. The molecule has 0 spiro atoms. The summed E-state index contributed by atoms with van der Waals surface area (Å²) in [6, 6.07) is 0. The number of halogens is 1. The van der Waals surface area contributed by atoms with Crippen molar-refractivity contribution in [2.75, 3.05) is 5.73 Å². The third kappa shape index (κ3) is 1.84. The quantitative estimate of drug-likeness (QED) is 0.687. The molecule has 0 bridgehead atoms. The topological polar surface area (TPSA) is 38.9 Å². The SMILES string of the molecule is CCc1nscc1N.Cl. The van der Waals surface area contributed by atoms with Gasteiger partial charge in [-0.25, -0.2) is 0 Å². The molecule has 0 aliphatic carbocycles. The Kier molecular flexibility index (Phi) is 3.58. The van der Waals surface area contributed by atoms with Gasteiger partial charge in [-0.1, -0.05) is 6.92 Å². The van der Waals surface area contributed by atoms with Gasteiger partial charge in [-0.15, -0.1) is 12.4 Å². The lowest BCUT2D eigenvalue weighted by Gasteiger charge is -1.86. The molecule has 0 aliphatic heterocycles. The highest BCUT2D eigenvalue weighted by molar-refractivity contribution is 7.04. The van der Waals surface area contributed by atoms with Crippen molar-refractivity contribution in [2.45, 2.75) is 13.3 Å². The maximum absolute atomic E-state index is 5.50. The fraction of sp³-hybridized carbons (Fsp3) is 0.400. The van der Waals surface area contributed by atoms with Crippen molar-refractivity contribution < 1.29 is 0 Å². The fourth-order valence-corrected chi connectivity index (χ4v) is 1.20. The van der Waals surface area contributed by atoms with Crippen LogP contribution in [0.5, 0.6) is 0 Å². The van der Waals surface area contributed by atoms with Crippen LogP contribution < -0.4 is 5.73 Å². The second kappa shape index (κ2) is 3.69. The summed E-state index contributed by atoms with van der Waals surface area (Å²) in [7, 11) is 0. The van der Waals surface area contributed by atoms with E-state index in [1.807, 2.05) is 12.3 Å². The van der Waals surface area contributed by atoms with Gasteiger partial charge in [0.05, 0.1) is 11.4 Å². The minimum Gasteiger partial charge on any atom is -0.397 e. The molecular formula is C5H9ClN2S. The van der Waals surface area contributed by atoms with E-state index in [1.165, 1.54) is 11.5 Å². The van der Waals surface area contributed by atoms with Gasteiger partial charge in [-0.2, -0.15) is 4.37 Å². The van der Waals surface area contributed by atoms with Crippen LogP contribution in [0.4, 0.5) is 5.69 Å². The second-order valence-electron chi connectivity index (χ2n) is 1.57. The van der Waals surface area contributed by atoms with E-state index < -0.39 is 0 Å². The predicted molar refractivity (Wildman–Crippen MR) is 43.2 cm³/mol. The molecular weight excluding hydrogens is 156 g/mol. The molecule has 0 fully saturated rings. The van der Waals surface area contributed by atoms with Crippen molar-refractivity contribution in [2.24, 2.45) is 0 Å². The first-order valence-corrected chi connectivity index (χ1v) is 3.37. The van der Waals surface area contributed by atoms with Gasteiger partial charge in [0.25, 0.3) is 0 Å². The van der Waals surface area contributed by atoms with E-state index in [1.54, 1.807) is 0 Å². The molecule has 52 valence electrons. The number of aromatic nitrogens is 1. The van der Waals surface area contributed by atoms with Gasteiger partial charge < -0.3 is 5.73 Å². The molecule has 0 aliphatic rings. The normalized spacial score (nSPS) is 8.56. The Bertz CT molecular complexity index is 175. The molecule has 0 unspecified atom stereocenters. The molecule has 0 saturated carbocycles. The van der Waals surface area contributed by atoms with Crippen LogP contribution in [-0.4, -0.2) is 4.37 Å². The molecule has 4 heteroatoms. The van der Waals surface area contributed by atoms with Gasteiger partial charge in [0, 0.05) is 5.38 Å². The first kappa shape index (κ1) is 8.72. The van der Waals surface area contributed by atoms with E-state index in [4.69, 9.17) is 5.73 Å². The second-order valence-corrected chi connectivity index (χ2v) is 2.20. The van der Waals surface area contributed by atoms with Gasteiger partial charge in [0.2, 0.25) is 0 Å². The number of aryl methyl sites for hydroxylation is 1. The number of hydrogen-bond acceptors (Lipinski definition) is 3. The zero-order valence-electron chi connectivity index (χ0n) is 5.13. The zero-order valence-corrected chi connectivity index (χ0v) is 6.76. The summed E-state index contributed by atoms with van der Waals surface area (Å²) >= 11 is 1.42. The summed E-state index contributed by atoms with van der Waals surface area (Å²) in [5, 5.41) is 1.86. The summed E-state index contributed by atoms with van der Waals surface area (Å²) in [6.07, 6.45) is 0.940. The Hall–Kier alpha value is -0.280. The molecule has 1 rings (SSSR count). The number of anilines is 1. The van der Waals surface area contributed by atoms with Crippen molar-refractivity contribution in [1.29, 1.82) is 0 Å². The lowest BCUT2D eigenvalue weighted by atomic mass is 10.3. The largest absolute Gasteiger partial charge is 0.397 e. The average Bonchev–Trinajstić information content (AvgIpc) is 2.14. The first-order chi connectivity index (χ1) is 3.84. The summed E-state index contributed by atoms with van der Waals surface area (Å²) in [5.74, 6) is 0. The van der Waals surface area contributed by atoms with Crippen LogP contribution in [0.1, 0.15) is 12.6 Å². The minimum atomic E-state index is 0. The molecule has 0 atom stereocenters. The van der Waals surface area contributed by atoms with E-state index >= 15 is 0 Å². The molecule has 9 heavy (non-hydrogen) atoms. The molecule has 1 aromatic heterocycles. The fourth-order valence-electron chi connectivity index (χ4n) is 0.536. The van der Waals surface area contributed by atoms with Crippen LogP contribution in [0.25, 0.3) is 0 Å². The van der Waals surface area contributed by atoms with E-state index in [0.717, 1.165) is 17.8 Å². The van der Waals surface area contributed by atoms with Crippen molar-refractivity contribution in [1.82, 2.24) is 4.37 Å². The van der Waals surface area contributed by atoms with Gasteiger partial charge in [0.15, 0.2) is 0 Å². The molecule has 2 nitrogen and oxygen atoms in total. The van der Waals surface area contributed by atoms with Gasteiger partial charge in [-0.05, 0) is 18.0 Å². The summed E-state index contributed by atoms with van der Waals surface area (Å²) in [6.45, 7) is 2.05. The van der Waals surface area contributed by atoms with Crippen LogP contribution in [0.2, 0.25) is 0 Å². The van der Waals surface area contributed by atoms with E-state index in [2.05, 4.69) is 4.37 Å². The standard InChI is InChI=1S/C5H8N2S.ClH/c1-2-5-4(6)3-8-7-5;/h3H,2,6H2,1H3;1H. The maximum atomic E-state index is 5.50. The van der Waals surface area contributed by atoms with Crippen molar-refractivity contribution in [3.05, 3.63) is 11.1 Å². The number of nitrogen functional groups attached to an aromatic ring is 1. The molecule has 0 aromatic carbocycles. The number of nitrogens with two attached hydrogens (primary N) is 1. The molecule has 0 saturated heterocycles. The first-order valence-electron chi connectivity index (χ1n) is 2.53.